The Morgan fingerprint density at radius 1 is 1.29 bits per heavy atom. The average molecular weight is 330 g/mol. The first-order chi connectivity index (χ1) is 11.6. The van der Waals surface area contributed by atoms with Gasteiger partial charge in [0.2, 0.25) is 11.8 Å². The average Bonchev–Trinajstić information content (AvgIpc) is 2.59. The molecule has 3 N–H and O–H groups in total. The normalized spacial score (nSPS) is 21.1. The molecule has 24 heavy (non-hydrogen) atoms. The fourth-order valence-corrected chi connectivity index (χ4v) is 3.51. The second-order valence-corrected chi connectivity index (χ2v) is 6.67. The van der Waals surface area contributed by atoms with Gasteiger partial charge in [0.15, 0.2) is 0 Å². The molecular weight excluding hydrogens is 304 g/mol. The summed E-state index contributed by atoms with van der Waals surface area (Å²) in [6, 6.07) is 7.19. The second kappa shape index (κ2) is 7.66. The maximum Gasteiger partial charge on any atom is 0.247 e. The van der Waals surface area contributed by atoms with Crippen LogP contribution in [0.4, 0.5) is 11.4 Å². The van der Waals surface area contributed by atoms with Crippen LogP contribution in [-0.2, 0) is 9.59 Å². The number of para-hydroxylation sites is 2. The summed E-state index contributed by atoms with van der Waals surface area (Å²) < 4.78 is 0. The van der Waals surface area contributed by atoms with Crippen LogP contribution in [0.15, 0.2) is 24.3 Å². The maximum atomic E-state index is 12.3. The highest BCUT2D eigenvalue weighted by atomic mass is 16.2. The fraction of sp³-hybridized carbons (Fsp3) is 0.556. The molecule has 0 bridgehead atoms. The van der Waals surface area contributed by atoms with Crippen molar-refractivity contribution in [1.82, 2.24) is 10.6 Å². The van der Waals surface area contributed by atoms with Crippen LogP contribution in [-0.4, -0.2) is 44.5 Å². The Morgan fingerprint density at radius 3 is 2.83 bits per heavy atom. The van der Waals surface area contributed by atoms with Crippen LogP contribution < -0.4 is 20.9 Å². The van der Waals surface area contributed by atoms with Crippen LogP contribution in [0, 0.1) is 5.92 Å². The van der Waals surface area contributed by atoms with Crippen molar-refractivity contribution in [3.63, 3.8) is 0 Å². The Labute approximate surface area is 143 Å². The van der Waals surface area contributed by atoms with Crippen LogP contribution in [0.25, 0.3) is 0 Å². The maximum absolute atomic E-state index is 12.3. The molecule has 3 rings (SSSR count). The number of hydrogen-bond donors (Lipinski definition) is 3. The van der Waals surface area contributed by atoms with Gasteiger partial charge in [-0.05, 0) is 50.4 Å². The number of rotatable bonds is 5. The van der Waals surface area contributed by atoms with E-state index in [4.69, 9.17) is 0 Å². The Balaban J connectivity index is 1.49. The minimum Gasteiger partial charge on any atom is -0.361 e. The van der Waals surface area contributed by atoms with Gasteiger partial charge in [0, 0.05) is 13.6 Å². The van der Waals surface area contributed by atoms with Gasteiger partial charge >= 0.3 is 0 Å². The van der Waals surface area contributed by atoms with Gasteiger partial charge < -0.3 is 20.9 Å². The third kappa shape index (κ3) is 3.87. The molecule has 1 unspecified atom stereocenters. The van der Waals surface area contributed by atoms with Gasteiger partial charge in [-0.2, -0.15) is 0 Å². The molecule has 2 aliphatic rings. The molecule has 1 aromatic rings. The molecule has 1 aromatic carbocycles. The highest BCUT2D eigenvalue weighted by Gasteiger charge is 2.31. The van der Waals surface area contributed by atoms with E-state index < -0.39 is 6.04 Å². The van der Waals surface area contributed by atoms with E-state index in [1.807, 2.05) is 36.2 Å². The van der Waals surface area contributed by atoms with Crippen molar-refractivity contribution in [2.45, 2.75) is 31.7 Å². The number of amides is 2. The zero-order chi connectivity index (χ0) is 16.9. The van der Waals surface area contributed by atoms with Crippen LogP contribution >= 0.6 is 0 Å². The molecule has 6 nitrogen and oxygen atoms in total. The smallest absolute Gasteiger partial charge is 0.247 e. The lowest BCUT2D eigenvalue weighted by Gasteiger charge is -2.34. The number of benzene rings is 1. The number of fused-ring (bicyclic) bond motifs is 1. The van der Waals surface area contributed by atoms with Crippen molar-refractivity contribution >= 4 is 23.2 Å². The van der Waals surface area contributed by atoms with Crippen molar-refractivity contribution in [2.75, 3.05) is 36.9 Å². The molecule has 0 aromatic heterocycles. The Hall–Kier alpha value is -2.08. The van der Waals surface area contributed by atoms with Gasteiger partial charge in [-0.1, -0.05) is 12.1 Å². The minimum atomic E-state index is -0.459. The van der Waals surface area contributed by atoms with E-state index in [9.17, 15) is 9.59 Å². The molecule has 0 spiro atoms. The van der Waals surface area contributed by atoms with E-state index in [1.165, 1.54) is 12.8 Å². The summed E-state index contributed by atoms with van der Waals surface area (Å²) in [7, 11) is 1.87. The van der Waals surface area contributed by atoms with E-state index in [-0.39, 0.29) is 18.2 Å². The number of nitrogens with one attached hydrogen (secondary N) is 3. The van der Waals surface area contributed by atoms with Gasteiger partial charge in [-0.3, -0.25) is 9.59 Å². The van der Waals surface area contributed by atoms with Gasteiger partial charge in [0.05, 0.1) is 17.8 Å². The molecule has 6 heteroatoms. The van der Waals surface area contributed by atoms with E-state index in [2.05, 4.69) is 16.0 Å². The molecular formula is C18H26N4O2. The molecule has 0 saturated carbocycles. The lowest BCUT2D eigenvalue weighted by Crippen LogP contribution is -2.48. The van der Waals surface area contributed by atoms with E-state index in [1.54, 1.807) is 0 Å². The first-order valence-electron chi connectivity index (χ1n) is 8.75. The number of hydrogen-bond acceptors (Lipinski definition) is 4. The van der Waals surface area contributed by atoms with Gasteiger partial charge in [-0.15, -0.1) is 0 Å². The number of piperidine rings is 1. The quantitative estimate of drug-likeness (QED) is 0.762. The summed E-state index contributed by atoms with van der Waals surface area (Å²) in [6.07, 6.45) is 3.56. The van der Waals surface area contributed by atoms with E-state index in [0.29, 0.717) is 12.5 Å². The molecule has 1 saturated heterocycles. The van der Waals surface area contributed by atoms with Crippen molar-refractivity contribution in [1.29, 1.82) is 0 Å². The Kier molecular flexibility index (Phi) is 5.35. The number of carbonyl (C=O) groups is 2. The summed E-state index contributed by atoms with van der Waals surface area (Å²) in [5, 5.41) is 9.21. The molecule has 1 fully saturated rings. The summed E-state index contributed by atoms with van der Waals surface area (Å²) in [6.45, 7) is 2.84. The SMILES string of the molecule is CN1c2ccccc2NC(=O)C1CC(=O)NCCC1CCNCC1. The Bertz CT molecular complexity index is 598. The lowest BCUT2D eigenvalue weighted by atomic mass is 9.95. The van der Waals surface area contributed by atoms with Crippen molar-refractivity contribution in [3.8, 4) is 0 Å². The monoisotopic (exact) mass is 330 g/mol. The molecule has 0 aliphatic carbocycles. The van der Waals surface area contributed by atoms with Gasteiger partial charge in [-0.25, -0.2) is 0 Å². The fourth-order valence-electron chi connectivity index (χ4n) is 3.51. The summed E-state index contributed by atoms with van der Waals surface area (Å²) in [4.78, 5) is 26.4. The second-order valence-electron chi connectivity index (χ2n) is 6.67. The van der Waals surface area contributed by atoms with Crippen LogP contribution in [0.2, 0.25) is 0 Å². The van der Waals surface area contributed by atoms with E-state index >= 15 is 0 Å². The van der Waals surface area contributed by atoms with Crippen LogP contribution in [0.5, 0.6) is 0 Å². The first kappa shape index (κ1) is 16.8. The van der Waals surface area contributed by atoms with Gasteiger partial charge in [0.1, 0.15) is 6.04 Å². The number of nitrogens with zero attached hydrogens (tertiary/aromatic N) is 1. The molecule has 0 radical (unpaired) electrons. The zero-order valence-electron chi connectivity index (χ0n) is 14.2. The predicted octanol–water partition coefficient (Wildman–Crippen LogP) is 1.34. The topological polar surface area (TPSA) is 73.5 Å². The van der Waals surface area contributed by atoms with E-state index in [0.717, 1.165) is 30.9 Å². The predicted molar refractivity (Wildman–Crippen MR) is 95.1 cm³/mol. The third-order valence-electron chi connectivity index (χ3n) is 5.02. The molecule has 2 aliphatic heterocycles. The van der Waals surface area contributed by atoms with Gasteiger partial charge in [0.25, 0.3) is 0 Å². The third-order valence-corrected chi connectivity index (χ3v) is 5.02. The zero-order valence-corrected chi connectivity index (χ0v) is 14.2. The molecule has 2 amide bonds. The summed E-state index contributed by atoms with van der Waals surface area (Å²) in [5.74, 6) is 0.513. The summed E-state index contributed by atoms with van der Waals surface area (Å²) >= 11 is 0. The minimum absolute atomic E-state index is 0.0599. The lowest BCUT2D eigenvalue weighted by molar-refractivity contribution is -0.125. The standard InChI is InChI=1S/C18H26N4O2/c1-22-15-5-3-2-4-14(15)21-18(24)16(22)12-17(23)20-11-8-13-6-9-19-10-7-13/h2-5,13,16,19H,6-12H2,1H3,(H,20,23)(H,21,24). The number of anilines is 2. The molecule has 2 heterocycles. The van der Waals surface area contributed by atoms with Crippen LogP contribution in [0.1, 0.15) is 25.7 Å². The van der Waals surface area contributed by atoms with Crippen molar-refractivity contribution < 1.29 is 9.59 Å². The molecule has 1 atom stereocenters. The number of likely N-dealkylation sites (N-methyl/N-ethyl adjacent to an activating group) is 1. The summed E-state index contributed by atoms with van der Waals surface area (Å²) in [5.41, 5.74) is 1.75. The highest BCUT2D eigenvalue weighted by Crippen LogP contribution is 2.31. The Morgan fingerprint density at radius 2 is 2.04 bits per heavy atom. The number of carbonyl (C=O) groups excluding carboxylic acids is 2. The van der Waals surface area contributed by atoms with Crippen molar-refractivity contribution in [3.05, 3.63) is 24.3 Å². The van der Waals surface area contributed by atoms with Crippen LogP contribution in [0.3, 0.4) is 0 Å². The first-order valence-corrected chi connectivity index (χ1v) is 8.75. The highest BCUT2D eigenvalue weighted by molar-refractivity contribution is 6.05. The van der Waals surface area contributed by atoms with Crippen molar-refractivity contribution in [2.24, 2.45) is 5.92 Å². The molecule has 130 valence electrons. The largest absolute Gasteiger partial charge is 0.361 e.